The van der Waals surface area contributed by atoms with E-state index in [0.717, 1.165) is 31.4 Å². The van der Waals surface area contributed by atoms with Crippen LogP contribution in [0, 0.1) is 3.57 Å². The smallest absolute Gasteiger partial charge is 0.410 e. The van der Waals surface area contributed by atoms with Gasteiger partial charge in [0, 0.05) is 28.5 Å². The highest BCUT2D eigenvalue weighted by molar-refractivity contribution is 14.1. The topological polar surface area (TPSA) is 38.8 Å². The van der Waals surface area contributed by atoms with Crippen LogP contribution in [0.3, 0.4) is 0 Å². The minimum Gasteiger partial charge on any atom is -0.490 e. The van der Waals surface area contributed by atoms with E-state index in [1.54, 1.807) is 0 Å². The maximum Gasteiger partial charge on any atom is 0.410 e. The van der Waals surface area contributed by atoms with E-state index >= 15 is 0 Å². The number of benzene rings is 1. The van der Waals surface area contributed by atoms with Crippen molar-refractivity contribution in [2.45, 2.75) is 70.2 Å². The van der Waals surface area contributed by atoms with Gasteiger partial charge in [-0.3, -0.25) is 0 Å². The highest BCUT2D eigenvalue weighted by Crippen LogP contribution is 2.38. The summed E-state index contributed by atoms with van der Waals surface area (Å²) in [6.07, 6.45) is 3.90. The summed E-state index contributed by atoms with van der Waals surface area (Å²) in [5.41, 5.74) is -0.439. The van der Waals surface area contributed by atoms with E-state index in [2.05, 4.69) is 34.7 Å². The Kier molecular flexibility index (Phi) is 4.76. The molecule has 0 radical (unpaired) electrons. The van der Waals surface area contributed by atoms with Crippen LogP contribution in [0.4, 0.5) is 4.79 Å². The second-order valence-electron chi connectivity index (χ2n) is 7.44. The van der Waals surface area contributed by atoms with Gasteiger partial charge in [-0.25, -0.2) is 4.79 Å². The Morgan fingerprint density at radius 3 is 2.22 bits per heavy atom. The van der Waals surface area contributed by atoms with Crippen LogP contribution >= 0.6 is 22.6 Å². The molecule has 1 aromatic carbocycles. The lowest BCUT2D eigenvalue weighted by atomic mass is 10.00. The van der Waals surface area contributed by atoms with Crippen LogP contribution in [0.2, 0.25) is 0 Å². The highest BCUT2D eigenvalue weighted by atomic mass is 127. The van der Waals surface area contributed by atoms with Crippen LogP contribution in [-0.4, -0.2) is 34.8 Å². The molecule has 1 amide bonds. The van der Waals surface area contributed by atoms with E-state index in [1.165, 1.54) is 3.57 Å². The minimum absolute atomic E-state index is 0.169. The molecule has 1 unspecified atom stereocenters. The average Bonchev–Trinajstić information content (AvgIpc) is 2.72. The zero-order valence-corrected chi connectivity index (χ0v) is 16.1. The third-order valence-electron chi connectivity index (χ3n) is 4.41. The Morgan fingerprint density at radius 2 is 1.70 bits per heavy atom. The van der Waals surface area contributed by atoms with Crippen molar-refractivity contribution >= 4 is 28.7 Å². The average molecular weight is 429 g/mol. The number of piperidine rings is 1. The standard InChI is InChI=1S/C18H24INO3/c1-18(2,3)23-17(21)20-13-6-7-14(20)11-16(10-13)22-15-8-4-12(19)5-9-15/h4-5,8-9,13-14,16H,6-7,10-11H2,1-3H3/t13-,14+,16?. The summed E-state index contributed by atoms with van der Waals surface area (Å²) in [6, 6.07) is 8.64. The molecule has 0 spiro atoms. The quantitative estimate of drug-likeness (QED) is 0.646. The molecule has 23 heavy (non-hydrogen) atoms. The number of carbonyl (C=O) groups excluding carboxylic acids is 1. The van der Waals surface area contributed by atoms with E-state index in [-0.39, 0.29) is 24.3 Å². The molecule has 4 nitrogen and oxygen atoms in total. The van der Waals surface area contributed by atoms with Gasteiger partial charge in [0.2, 0.25) is 0 Å². The Morgan fingerprint density at radius 1 is 1.13 bits per heavy atom. The lowest BCUT2D eigenvalue weighted by Gasteiger charge is -2.39. The van der Waals surface area contributed by atoms with Gasteiger partial charge in [-0.05, 0) is 80.5 Å². The maximum atomic E-state index is 12.4. The third-order valence-corrected chi connectivity index (χ3v) is 5.13. The second kappa shape index (κ2) is 6.49. The van der Waals surface area contributed by atoms with Crippen molar-refractivity contribution in [2.24, 2.45) is 0 Å². The molecule has 126 valence electrons. The summed E-state index contributed by atoms with van der Waals surface area (Å²) >= 11 is 2.29. The highest BCUT2D eigenvalue weighted by Gasteiger charge is 2.45. The van der Waals surface area contributed by atoms with E-state index < -0.39 is 5.60 Å². The lowest BCUT2D eigenvalue weighted by Crippen LogP contribution is -2.50. The first-order chi connectivity index (χ1) is 10.8. The fourth-order valence-corrected chi connectivity index (χ4v) is 3.90. The minimum atomic E-state index is -0.439. The number of ether oxygens (including phenoxy) is 2. The Bertz CT molecular complexity index is 553. The number of amides is 1. The SMILES string of the molecule is CC(C)(C)OC(=O)N1[C@@H]2CC[C@H]1CC(Oc1ccc(I)cc1)C2. The van der Waals surface area contributed by atoms with E-state index in [0.29, 0.717) is 0 Å². The molecule has 0 saturated carbocycles. The van der Waals surface area contributed by atoms with Crippen LogP contribution in [0.1, 0.15) is 46.5 Å². The summed E-state index contributed by atoms with van der Waals surface area (Å²) in [7, 11) is 0. The molecule has 2 saturated heterocycles. The molecule has 2 aliphatic rings. The van der Waals surface area contributed by atoms with Gasteiger partial charge >= 0.3 is 6.09 Å². The molecule has 0 N–H and O–H groups in total. The predicted octanol–water partition coefficient (Wildman–Crippen LogP) is 4.60. The van der Waals surface area contributed by atoms with Gasteiger partial charge in [-0.15, -0.1) is 0 Å². The first-order valence-corrected chi connectivity index (χ1v) is 9.33. The van der Waals surface area contributed by atoms with Gasteiger partial charge in [-0.1, -0.05) is 0 Å². The fraction of sp³-hybridized carbons (Fsp3) is 0.611. The van der Waals surface area contributed by atoms with Gasteiger partial charge in [0.25, 0.3) is 0 Å². The Balaban J connectivity index is 1.62. The van der Waals surface area contributed by atoms with Crippen LogP contribution in [0.5, 0.6) is 5.75 Å². The largest absolute Gasteiger partial charge is 0.490 e. The summed E-state index contributed by atoms with van der Waals surface area (Å²) in [6.45, 7) is 5.75. The van der Waals surface area contributed by atoms with Gasteiger partial charge in [0.05, 0.1) is 0 Å². The van der Waals surface area contributed by atoms with Gasteiger partial charge < -0.3 is 14.4 Å². The first-order valence-electron chi connectivity index (χ1n) is 8.25. The number of fused-ring (bicyclic) bond motifs is 2. The van der Waals surface area contributed by atoms with Crippen LogP contribution in [0.25, 0.3) is 0 Å². The molecule has 5 heteroatoms. The van der Waals surface area contributed by atoms with Crippen LogP contribution in [0.15, 0.2) is 24.3 Å². The zero-order chi connectivity index (χ0) is 16.6. The number of hydrogen-bond donors (Lipinski definition) is 0. The van der Waals surface area contributed by atoms with Crippen LogP contribution in [-0.2, 0) is 4.74 Å². The van der Waals surface area contributed by atoms with E-state index in [9.17, 15) is 4.79 Å². The van der Waals surface area contributed by atoms with Crippen molar-refractivity contribution in [3.8, 4) is 5.75 Å². The fourth-order valence-electron chi connectivity index (χ4n) is 3.54. The summed E-state index contributed by atoms with van der Waals surface area (Å²) in [4.78, 5) is 14.4. The lowest BCUT2D eigenvalue weighted by molar-refractivity contribution is -0.00707. The van der Waals surface area contributed by atoms with Gasteiger partial charge in [0.1, 0.15) is 17.5 Å². The van der Waals surface area contributed by atoms with Crippen molar-refractivity contribution in [2.75, 3.05) is 0 Å². The van der Waals surface area contributed by atoms with Gasteiger partial charge in [-0.2, -0.15) is 0 Å². The molecule has 2 heterocycles. The summed E-state index contributed by atoms with van der Waals surface area (Å²) in [5.74, 6) is 0.917. The van der Waals surface area contributed by atoms with Crippen molar-refractivity contribution in [3.05, 3.63) is 27.8 Å². The molecule has 0 aromatic heterocycles. The molecule has 0 aliphatic carbocycles. The molecule has 3 rings (SSSR count). The molecule has 1 aromatic rings. The Hall–Kier alpha value is -0.980. The first kappa shape index (κ1) is 16.9. The third kappa shape index (κ3) is 4.11. The number of nitrogens with zero attached hydrogens (tertiary/aromatic N) is 1. The monoisotopic (exact) mass is 429 g/mol. The summed E-state index contributed by atoms with van der Waals surface area (Å²) in [5, 5.41) is 0. The predicted molar refractivity (Wildman–Crippen MR) is 97.7 cm³/mol. The maximum absolute atomic E-state index is 12.4. The van der Waals surface area contributed by atoms with Crippen molar-refractivity contribution in [1.29, 1.82) is 0 Å². The number of carbonyl (C=O) groups is 1. The second-order valence-corrected chi connectivity index (χ2v) is 8.68. The Labute approximate surface area is 151 Å². The number of hydrogen-bond acceptors (Lipinski definition) is 3. The van der Waals surface area contributed by atoms with Gasteiger partial charge in [0.15, 0.2) is 0 Å². The molecule has 2 aliphatic heterocycles. The normalized spacial score (nSPS) is 27.0. The zero-order valence-electron chi connectivity index (χ0n) is 13.9. The van der Waals surface area contributed by atoms with Crippen molar-refractivity contribution < 1.29 is 14.3 Å². The number of rotatable bonds is 2. The van der Waals surface area contributed by atoms with Crippen LogP contribution < -0.4 is 4.74 Å². The molecular formula is C18H24INO3. The van der Waals surface area contributed by atoms with Crippen molar-refractivity contribution in [1.82, 2.24) is 4.90 Å². The molecular weight excluding hydrogens is 405 g/mol. The van der Waals surface area contributed by atoms with Crippen molar-refractivity contribution in [3.63, 3.8) is 0 Å². The molecule has 2 fully saturated rings. The molecule has 3 atom stereocenters. The number of halogens is 1. The summed E-state index contributed by atoms with van der Waals surface area (Å²) < 4.78 is 12.9. The van der Waals surface area contributed by atoms with E-state index in [4.69, 9.17) is 9.47 Å². The molecule has 2 bridgehead atoms. The van der Waals surface area contributed by atoms with E-state index in [1.807, 2.05) is 37.8 Å².